The van der Waals surface area contributed by atoms with Gasteiger partial charge in [0.2, 0.25) is 5.95 Å². The first-order valence-corrected chi connectivity index (χ1v) is 6.79. The summed E-state index contributed by atoms with van der Waals surface area (Å²) < 4.78 is 78.3. The van der Waals surface area contributed by atoms with E-state index in [0.717, 1.165) is 12.1 Å². The molecule has 0 radical (unpaired) electrons. The maximum Gasteiger partial charge on any atom is 0.421 e. The Morgan fingerprint density at radius 1 is 0.917 bits per heavy atom. The zero-order valence-corrected chi connectivity index (χ0v) is 13.0. The molecule has 2 rings (SSSR count). The van der Waals surface area contributed by atoms with E-state index in [2.05, 4.69) is 9.97 Å². The maximum atomic E-state index is 13.3. The van der Waals surface area contributed by atoms with Gasteiger partial charge in [0, 0.05) is 5.56 Å². The third-order valence-corrected chi connectivity index (χ3v) is 3.54. The Balaban J connectivity index is 2.83. The molecule has 0 aliphatic carbocycles. The van der Waals surface area contributed by atoms with Crippen molar-refractivity contribution in [3.05, 3.63) is 39.5 Å². The van der Waals surface area contributed by atoms with Crippen LogP contribution in [0.2, 0.25) is 5.15 Å². The molecule has 1 heterocycles. The third kappa shape index (κ3) is 3.40. The number of halogens is 7. The molecule has 130 valence electrons. The first-order valence-electron chi connectivity index (χ1n) is 6.41. The summed E-state index contributed by atoms with van der Waals surface area (Å²) in [6.07, 6.45) is -9.52. The number of nitrogens with two attached hydrogens (primary N) is 1. The minimum Gasteiger partial charge on any atom is -0.368 e. The Hall–Kier alpha value is -2.03. The predicted molar refractivity (Wildman–Crippen MR) is 76.4 cm³/mol. The minimum absolute atomic E-state index is 0.0398. The summed E-state index contributed by atoms with van der Waals surface area (Å²) in [5.74, 6) is -0.512. The molecule has 0 atom stereocenters. The number of hydrogen-bond acceptors (Lipinski definition) is 3. The summed E-state index contributed by atoms with van der Waals surface area (Å²) in [6.45, 7) is 2.51. The fourth-order valence-electron chi connectivity index (χ4n) is 2.38. The molecule has 0 unspecified atom stereocenters. The first-order chi connectivity index (χ1) is 10.8. The number of rotatable bonds is 1. The lowest BCUT2D eigenvalue weighted by Crippen LogP contribution is -2.14. The molecule has 0 saturated carbocycles. The zero-order valence-electron chi connectivity index (χ0n) is 12.3. The molecule has 0 amide bonds. The van der Waals surface area contributed by atoms with Gasteiger partial charge in [0.1, 0.15) is 10.7 Å². The molecule has 24 heavy (non-hydrogen) atoms. The van der Waals surface area contributed by atoms with Gasteiger partial charge in [-0.1, -0.05) is 11.6 Å². The van der Waals surface area contributed by atoms with Crippen LogP contribution in [0.5, 0.6) is 0 Å². The smallest absolute Gasteiger partial charge is 0.368 e. The first kappa shape index (κ1) is 18.3. The highest BCUT2D eigenvalue weighted by molar-refractivity contribution is 6.30. The van der Waals surface area contributed by atoms with E-state index in [4.69, 9.17) is 17.3 Å². The van der Waals surface area contributed by atoms with Gasteiger partial charge >= 0.3 is 12.4 Å². The van der Waals surface area contributed by atoms with Gasteiger partial charge in [-0.25, -0.2) is 9.97 Å². The monoisotopic (exact) mass is 369 g/mol. The standard InChI is InChI=1S/C14H10ClF6N3/c1-5-3-7(13(16,17)18)4-6(2)8(5)10-9(14(19,20)21)11(15)24-12(22)23-10/h3-4H,1-2H3,(H2,22,23,24). The molecule has 1 aromatic carbocycles. The van der Waals surface area contributed by atoms with Crippen LogP contribution in [0.1, 0.15) is 22.3 Å². The van der Waals surface area contributed by atoms with E-state index in [0.29, 0.717) is 0 Å². The van der Waals surface area contributed by atoms with Crippen LogP contribution in [0, 0.1) is 13.8 Å². The lowest BCUT2D eigenvalue weighted by molar-refractivity contribution is -0.138. The van der Waals surface area contributed by atoms with Crippen LogP contribution in [0.4, 0.5) is 32.3 Å². The number of anilines is 1. The molecular weight excluding hydrogens is 360 g/mol. The van der Waals surface area contributed by atoms with Crippen molar-refractivity contribution < 1.29 is 26.3 Å². The van der Waals surface area contributed by atoms with Crippen molar-refractivity contribution in [2.45, 2.75) is 26.2 Å². The lowest BCUT2D eigenvalue weighted by Gasteiger charge is -2.18. The molecule has 3 nitrogen and oxygen atoms in total. The third-order valence-electron chi connectivity index (χ3n) is 3.26. The summed E-state index contributed by atoms with van der Waals surface area (Å²) in [5.41, 5.74) is 2.19. The fourth-order valence-corrected chi connectivity index (χ4v) is 2.67. The number of aryl methyl sites for hydroxylation is 2. The van der Waals surface area contributed by atoms with Crippen LogP contribution in [-0.2, 0) is 12.4 Å². The number of nitrogen functional groups attached to an aromatic ring is 1. The molecule has 0 saturated heterocycles. The average Bonchev–Trinajstić information content (AvgIpc) is 2.33. The maximum absolute atomic E-state index is 13.3. The topological polar surface area (TPSA) is 51.8 Å². The van der Waals surface area contributed by atoms with E-state index in [1.54, 1.807) is 0 Å². The summed E-state index contributed by atoms with van der Waals surface area (Å²) >= 11 is 5.55. The SMILES string of the molecule is Cc1cc(C(F)(F)F)cc(C)c1-c1nc(N)nc(Cl)c1C(F)(F)F. The van der Waals surface area contributed by atoms with E-state index >= 15 is 0 Å². The number of hydrogen-bond donors (Lipinski definition) is 1. The van der Waals surface area contributed by atoms with E-state index in [1.165, 1.54) is 13.8 Å². The second-order valence-electron chi connectivity index (χ2n) is 5.08. The number of nitrogens with zero attached hydrogens (tertiary/aromatic N) is 2. The number of benzene rings is 1. The van der Waals surface area contributed by atoms with Crippen molar-refractivity contribution >= 4 is 17.5 Å². The van der Waals surface area contributed by atoms with Crippen LogP contribution in [0.25, 0.3) is 11.3 Å². The second kappa shape index (κ2) is 5.80. The van der Waals surface area contributed by atoms with Crippen molar-refractivity contribution in [1.29, 1.82) is 0 Å². The highest BCUT2D eigenvalue weighted by atomic mass is 35.5. The lowest BCUT2D eigenvalue weighted by atomic mass is 9.94. The van der Waals surface area contributed by atoms with Gasteiger partial charge in [0.05, 0.1) is 11.3 Å². The molecule has 10 heteroatoms. The highest BCUT2D eigenvalue weighted by Crippen LogP contribution is 2.43. The molecule has 0 spiro atoms. The van der Waals surface area contributed by atoms with Crippen LogP contribution < -0.4 is 5.73 Å². The van der Waals surface area contributed by atoms with Crippen molar-refractivity contribution in [3.8, 4) is 11.3 Å². The summed E-state index contributed by atoms with van der Waals surface area (Å²) in [5, 5.41) is -0.913. The van der Waals surface area contributed by atoms with Gasteiger partial charge in [-0.05, 0) is 37.1 Å². The van der Waals surface area contributed by atoms with Gasteiger partial charge in [-0.15, -0.1) is 0 Å². The Morgan fingerprint density at radius 3 is 1.83 bits per heavy atom. The fraction of sp³-hybridized carbons (Fsp3) is 0.286. The van der Waals surface area contributed by atoms with Gasteiger partial charge in [-0.3, -0.25) is 0 Å². The molecule has 1 aromatic heterocycles. The van der Waals surface area contributed by atoms with E-state index in [1.807, 2.05) is 0 Å². The Bertz CT molecular complexity index is 775. The molecule has 0 aliphatic heterocycles. The van der Waals surface area contributed by atoms with Gasteiger partial charge in [-0.2, -0.15) is 26.3 Å². The molecule has 0 bridgehead atoms. The largest absolute Gasteiger partial charge is 0.421 e. The van der Waals surface area contributed by atoms with Crippen LogP contribution in [-0.4, -0.2) is 9.97 Å². The molecule has 0 aliphatic rings. The highest BCUT2D eigenvalue weighted by Gasteiger charge is 2.40. The normalized spacial score (nSPS) is 12.5. The number of alkyl halides is 6. The summed E-state index contributed by atoms with van der Waals surface area (Å²) in [4.78, 5) is 6.84. The van der Waals surface area contributed by atoms with Crippen molar-refractivity contribution in [3.63, 3.8) is 0 Å². The van der Waals surface area contributed by atoms with Crippen LogP contribution in [0.15, 0.2) is 12.1 Å². The minimum atomic E-state index is -4.90. The molecular formula is C14H10ClF6N3. The Morgan fingerprint density at radius 2 is 1.42 bits per heavy atom. The number of aromatic nitrogens is 2. The summed E-state index contributed by atoms with van der Waals surface area (Å²) in [6, 6.07) is 1.49. The second-order valence-corrected chi connectivity index (χ2v) is 5.43. The van der Waals surface area contributed by atoms with E-state index < -0.39 is 40.3 Å². The predicted octanol–water partition coefficient (Wildman–Crippen LogP) is 5.03. The van der Waals surface area contributed by atoms with E-state index in [-0.39, 0.29) is 16.7 Å². The van der Waals surface area contributed by atoms with E-state index in [9.17, 15) is 26.3 Å². The van der Waals surface area contributed by atoms with Gasteiger partial charge in [0.25, 0.3) is 0 Å². The zero-order chi connectivity index (χ0) is 18.4. The molecule has 2 aromatic rings. The van der Waals surface area contributed by atoms with Gasteiger partial charge in [0.15, 0.2) is 0 Å². The Kier molecular flexibility index (Phi) is 4.43. The average molecular weight is 370 g/mol. The van der Waals surface area contributed by atoms with Crippen molar-refractivity contribution in [1.82, 2.24) is 9.97 Å². The molecule has 2 N–H and O–H groups in total. The molecule has 0 fully saturated rings. The van der Waals surface area contributed by atoms with Crippen LogP contribution >= 0.6 is 11.6 Å². The van der Waals surface area contributed by atoms with Crippen LogP contribution in [0.3, 0.4) is 0 Å². The quantitative estimate of drug-likeness (QED) is 0.566. The van der Waals surface area contributed by atoms with Gasteiger partial charge < -0.3 is 5.73 Å². The Labute approximate surface area is 137 Å². The summed E-state index contributed by atoms with van der Waals surface area (Å²) in [7, 11) is 0. The van der Waals surface area contributed by atoms with Crippen molar-refractivity contribution in [2.24, 2.45) is 0 Å². The van der Waals surface area contributed by atoms with Crippen molar-refractivity contribution in [2.75, 3.05) is 5.73 Å².